The molecule has 5 nitrogen and oxygen atoms in total. The van der Waals surface area contributed by atoms with Crippen LogP contribution in [-0.4, -0.2) is 26.0 Å². The van der Waals surface area contributed by atoms with Crippen molar-refractivity contribution in [2.75, 3.05) is 0 Å². The van der Waals surface area contributed by atoms with Crippen LogP contribution in [0.3, 0.4) is 0 Å². The summed E-state index contributed by atoms with van der Waals surface area (Å²) in [7, 11) is 0. The van der Waals surface area contributed by atoms with E-state index in [9.17, 15) is 4.79 Å². The lowest BCUT2D eigenvalue weighted by Gasteiger charge is -2.24. The Hall–Kier alpha value is -1.91. The second kappa shape index (κ2) is 4.40. The van der Waals surface area contributed by atoms with E-state index in [-0.39, 0.29) is 11.4 Å². The predicted octanol–water partition coefficient (Wildman–Crippen LogP) is 1.96. The van der Waals surface area contributed by atoms with E-state index in [2.05, 4.69) is 15.5 Å². The number of aromatic nitrogens is 3. The first-order valence-electron chi connectivity index (χ1n) is 6.07. The molecule has 1 N–H and O–H groups in total. The van der Waals surface area contributed by atoms with Crippen LogP contribution in [0.25, 0.3) is 5.65 Å². The van der Waals surface area contributed by atoms with Gasteiger partial charge in [0.25, 0.3) is 5.91 Å². The van der Waals surface area contributed by atoms with E-state index in [1.807, 2.05) is 44.4 Å². The Labute approximate surface area is 106 Å². The zero-order valence-corrected chi connectivity index (χ0v) is 11.2. The molecule has 0 saturated heterocycles. The summed E-state index contributed by atoms with van der Waals surface area (Å²) in [6.45, 7) is 7.90. The summed E-state index contributed by atoms with van der Waals surface area (Å²) in [6.07, 6.45) is 2.72. The molecule has 0 aliphatic heterocycles. The monoisotopic (exact) mass is 246 g/mol. The molecule has 0 bridgehead atoms. The molecule has 0 spiro atoms. The molecule has 0 fully saturated rings. The van der Waals surface area contributed by atoms with E-state index in [0.29, 0.717) is 11.2 Å². The lowest BCUT2D eigenvalue weighted by atomic mass is 10.0. The summed E-state index contributed by atoms with van der Waals surface area (Å²) in [5.74, 6) is 0.661. The third kappa shape index (κ3) is 2.20. The van der Waals surface area contributed by atoms with Crippen molar-refractivity contribution in [1.29, 1.82) is 0 Å². The molecule has 0 aromatic carbocycles. The molecule has 0 aliphatic carbocycles. The molecule has 5 heteroatoms. The Bertz CT molecular complexity index is 586. The van der Waals surface area contributed by atoms with E-state index >= 15 is 0 Å². The normalized spacial score (nSPS) is 11.8. The van der Waals surface area contributed by atoms with Gasteiger partial charge in [0.15, 0.2) is 5.65 Å². The van der Waals surface area contributed by atoms with Crippen LogP contribution >= 0.6 is 0 Å². The molecule has 0 atom stereocenters. The highest BCUT2D eigenvalue weighted by molar-refractivity contribution is 6.00. The highest BCUT2D eigenvalue weighted by Crippen LogP contribution is 2.13. The van der Waals surface area contributed by atoms with Crippen LogP contribution in [0.5, 0.6) is 0 Å². The van der Waals surface area contributed by atoms with Crippen LogP contribution in [0.15, 0.2) is 18.3 Å². The lowest BCUT2D eigenvalue weighted by Crippen LogP contribution is -2.42. The van der Waals surface area contributed by atoms with Crippen molar-refractivity contribution in [2.24, 2.45) is 0 Å². The maximum absolute atomic E-state index is 12.3. The number of pyridine rings is 1. The van der Waals surface area contributed by atoms with Gasteiger partial charge in [-0.2, -0.15) is 0 Å². The minimum Gasteiger partial charge on any atom is -0.347 e. The van der Waals surface area contributed by atoms with Gasteiger partial charge in [0.05, 0.1) is 5.56 Å². The fourth-order valence-corrected chi connectivity index (χ4v) is 1.67. The summed E-state index contributed by atoms with van der Waals surface area (Å²) in [5, 5.41) is 11.0. The van der Waals surface area contributed by atoms with Crippen molar-refractivity contribution in [3.8, 4) is 0 Å². The minimum absolute atomic E-state index is 0.111. The van der Waals surface area contributed by atoms with Gasteiger partial charge in [-0.3, -0.25) is 9.20 Å². The van der Waals surface area contributed by atoms with Crippen LogP contribution in [-0.2, 0) is 0 Å². The Balaban J connectivity index is 2.39. The summed E-state index contributed by atoms with van der Waals surface area (Å²) >= 11 is 0. The standard InChI is InChI=1S/C13H18N4O/c1-5-13(3,4)14-12(18)10-7-6-8-17-9(2)15-16-11(10)17/h6-8H,5H2,1-4H3,(H,14,18). The second-order valence-electron chi connectivity index (χ2n) is 5.05. The number of hydrogen-bond donors (Lipinski definition) is 1. The van der Waals surface area contributed by atoms with Crippen LogP contribution in [0.2, 0.25) is 0 Å². The van der Waals surface area contributed by atoms with Gasteiger partial charge in [0, 0.05) is 11.7 Å². The molecule has 2 aromatic rings. The molecule has 1 amide bonds. The molecular formula is C13H18N4O. The van der Waals surface area contributed by atoms with Gasteiger partial charge in [-0.15, -0.1) is 10.2 Å². The van der Waals surface area contributed by atoms with Crippen molar-refractivity contribution in [3.63, 3.8) is 0 Å². The SMILES string of the molecule is CCC(C)(C)NC(=O)c1cccn2c(C)nnc12. The number of fused-ring (bicyclic) bond motifs is 1. The van der Waals surface area contributed by atoms with Gasteiger partial charge in [-0.1, -0.05) is 6.92 Å². The Morgan fingerprint density at radius 2 is 2.17 bits per heavy atom. The van der Waals surface area contributed by atoms with Crippen LogP contribution in [0.1, 0.15) is 43.4 Å². The van der Waals surface area contributed by atoms with Gasteiger partial charge in [0.2, 0.25) is 0 Å². The number of carbonyl (C=O) groups is 1. The quantitative estimate of drug-likeness (QED) is 0.900. The fraction of sp³-hybridized carbons (Fsp3) is 0.462. The average molecular weight is 246 g/mol. The smallest absolute Gasteiger partial charge is 0.255 e. The molecule has 0 saturated carbocycles. The first kappa shape index (κ1) is 12.5. The van der Waals surface area contributed by atoms with Gasteiger partial charge in [0.1, 0.15) is 5.82 Å². The third-order valence-corrected chi connectivity index (χ3v) is 3.19. The van der Waals surface area contributed by atoms with Crippen molar-refractivity contribution < 1.29 is 4.79 Å². The number of amides is 1. The van der Waals surface area contributed by atoms with Gasteiger partial charge >= 0.3 is 0 Å². The Morgan fingerprint density at radius 1 is 1.44 bits per heavy atom. The van der Waals surface area contributed by atoms with Gasteiger partial charge in [-0.05, 0) is 39.3 Å². The number of nitrogens with one attached hydrogen (secondary N) is 1. The zero-order valence-electron chi connectivity index (χ0n) is 11.2. The van der Waals surface area contributed by atoms with E-state index in [0.717, 1.165) is 12.2 Å². The Kier molecular flexibility index (Phi) is 3.07. The molecule has 2 heterocycles. The van der Waals surface area contributed by atoms with Crippen LogP contribution in [0.4, 0.5) is 0 Å². The van der Waals surface area contributed by atoms with Crippen LogP contribution < -0.4 is 5.32 Å². The first-order valence-corrected chi connectivity index (χ1v) is 6.07. The summed E-state index contributed by atoms with van der Waals surface area (Å²) < 4.78 is 1.81. The van der Waals surface area contributed by atoms with Crippen molar-refractivity contribution in [1.82, 2.24) is 19.9 Å². The average Bonchev–Trinajstić information content (AvgIpc) is 2.71. The number of aryl methyl sites for hydroxylation is 1. The van der Waals surface area contributed by atoms with E-state index in [1.54, 1.807) is 6.07 Å². The second-order valence-corrected chi connectivity index (χ2v) is 5.05. The topological polar surface area (TPSA) is 59.3 Å². The first-order chi connectivity index (χ1) is 8.44. The number of rotatable bonds is 3. The Morgan fingerprint density at radius 3 is 2.83 bits per heavy atom. The molecule has 96 valence electrons. The van der Waals surface area contributed by atoms with Crippen LogP contribution in [0, 0.1) is 6.92 Å². The maximum atomic E-state index is 12.3. The molecule has 18 heavy (non-hydrogen) atoms. The minimum atomic E-state index is -0.223. The van der Waals surface area contributed by atoms with Crippen molar-refractivity contribution in [2.45, 2.75) is 39.7 Å². The summed E-state index contributed by atoms with van der Waals surface area (Å²) in [5.41, 5.74) is 0.929. The van der Waals surface area contributed by atoms with E-state index < -0.39 is 0 Å². The molecule has 0 aliphatic rings. The van der Waals surface area contributed by atoms with Gasteiger partial charge < -0.3 is 5.32 Å². The molecule has 0 unspecified atom stereocenters. The molecular weight excluding hydrogens is 228 g/mol. The maximum Gasteiger partial charge on any atom is 0.255 e. The number of hydrogen-bond acceptors (Lipinski definition) is 3. The van der Waals surface area contributed by atoms with Crippen molar-refractivity contribution >= 4 is 11.6 Å². The van der Waals surface area contributed by atoms with E-state index in [1.165, 1.54) is 0 Å². The number of carbonyl (C=O) groups excluding carboxylic acids is 1. The predicted molar refractivity (Wildman–Crippen MR) is 69.6 cm³/mol. The van der Waals surface area contributed by atoms with Gasteiger partial charge in [-0.25, -0.2) is 0 Å². The molecule has 2 aromatic heterocycles. The highest BCUT2D eigenvalue weighted by atomic mass is 16.1. The molecule has 0 radical (unpaired) electrons. The molecule has 2 rings (SSSR count). The zero-order chi connectivity index (χ0) is 13.3. The number of nitrogens with zero attached hydrogens (tertiary/aromatic N) is 3. The summed E-state index contributed by atoms with van der Waals surface area (Å²) in [4.78, 5) is 12.3. The third-order valence-electron chi connectivity index (χ3n) is 3.19. The summed E-state index contributed by atoms with van der Waals surface area (Å²) in [6, 6.07) is 3.60. The highest BCUT2D eigenvalue weighted by Gasteiger charge is 2.21. The lowest BCUT2D eigenvalue weighted by molar-refractivity contribution is 0.0912. The van der Waals surface area contributed by atoms with Crippen molar-refractivity contribution in [3.05, 3.63) is 29.7 Å². The largest absolute Gasteiger partial charge is 0.347 e. The van der Waals surface area contributed by atoms with E-state index in [4.69, 9.17) is 0 Å². The fourth-order valence-electron chi connectivity index (χ4n) is 1.67.